The van der Waals surface area contributed by atoms with Crippen LogP contribution in [-0.2, 0) is 10.3 Å². The Balaban J connectivity index is 1.16. The highest BCUT2D eigenvalue weighted by atomic mass is 35.5. The molecule has 1 N–H and O–H groups in total. The first-order chi connectivity index (χ1) is 16.0. The van der Waals surface area contributed by atoms with E-state index >= 15 is 0 Å². The van der Waals surface area contributed by atoms with Crippen LogP contribution in [0.4, 0.5) is 0 Å². The maximum absolute atomic E-state index is 10.4. The number of likely N-dealkylation sites (tertiary alicyclic amines) is 1. The van der Waals surface area contributed by atoms with Crippen LogP contribution >= 0.6 is 11.6 Å². The number of fused-ring (bicyclic) bond motifs is 1. The van der Waals surface area contributed by atoms with Crippen LogP contribution in [0, 0.1) is 5.92 Å². The fourth-order valence-electron chi connectivity index (χ4n) is 6.63. The van der Waals surface area contributed by atoms with Crippen LogP contribution < -0.4 is 0 Å². The highest BCUT2D eigenvalue weighted by Gasteiger charge is 2.58. The van der Waals surface area contributed by atoms with Gasteiger partial charge in [-0.25, -0.2) is 4.68 Å². The van der Waals surface area contributed by atoms with Gasteiger partial charge in [-0.15, -0.1) is 0 Å². The molecule has 2 saturated heterocycles. The van der Waals surface area contributed by atoms with Crippen molar-refractivity contribution in [3.8, 4) is 5.69 Å². The van der Waals surface area contributed by atoms with Crippen molar-refractivity contribution in [3.63, 3.8) is 0 Å². The molecule has 3 aromatic rings. The molecule has 2 bridgehead atoms. The van der Waals surface area contributed by atoms with Crippen LogP contribution in [0.25, 0.3) is 16.6 Å². The normalized spacial score (nSPS) is 34.5. The highest BCUT2D eigenvalue weighted by molar-refractivity contribution is 6.32. The molecule has 0 amide bonds. The summed E-state index contributed by atoms with van der Waals surface area (Å²) in [5.41, 5.74) is 3.30. The average Bonchev–Trinajstić information content (AvgIpc) is 3.45. The molecule has 3 saturated carbocycles. The van der Waals surface area contributed by atoms with Gasteiger partial charge in [0, 0.05) is 10.4 Å². The van der Waals surface area contributed by atoms with E-state index in [-0.39, 0.29) is 11.1 Å². The first-order valence-corrected chi connectivity index (χ1v) is 12.6. The van der Waals surface area contributed by atoms with Gasteiger partial charge in [-0.2, -0.15) is 10.2 Å². The van der Waals surface area contributed by atoms with Crippen molar-refractivity contribution in [2.24, 2.45) is 5.92 Å². The molecule has 3 aliphatic carbocycles. The number of piperidine rings is 1. The fourth-order valence-corrected chi connectivity index (χ4v) is 6.96. The number of aliphatic hydroxyl groups is 1. The predicted molar refractivity (Wildman–Crippen MR) is 126 cm³/mol. The number of benzene rings is 1. The van der Waals surface area contributed by atoms with Gasteiger partial charge in [-0.1, -0.05) is 11.6 Å². The van der Waals surface area contributed by atoms with E-state index in [4.69, 9.17) is 21.4 Å². The minimum Gasteiger partial charge on any atom is -0.389 e. The zero-order chi connectivity index (χ0) is 22.4. The number of hydrogen-bond acceptors (Lipinski definition) is 5. The van der Waals surface area contributed by atoms with E-state index in [0.717, 1.165) is 53.5 Å². The standard InChI is InChI=1S/C25H30ClN5O2/c1-24(15-33-14-23(24)32)29-4-2-17(3-5-29)20-7-22-18(6-21(20)26)11-28-31(22)19-12-27-30(13-19)25-8-16(9-25)10-25/h6-7,11-13,16-17,23,32H,2-5,8-10,14-15H2,1H3/t16?,23-,24+,25?/m0/s1. The number of rotatable bonds is 4. The Morgan fingerprint density at radius 2 is 1.91 bits per heavy atom. The van der Waals surface area contributed by atoms with Gasteiger partial charge in [0.25, 0.3) is 0 Å². The van der Waals surface area contributed by atoms with E-state index in [1.54, 1.807) is 0 Å². The SMILES string of the molecule is C[C@@]1(N2CCC(c3cc4c(cnn4-c4cnn(C56CC(C5)C6)c4)cc3Cl)CC2)COC[C@@H]1O. The number of aromatic nitrogens is 4. The van der Waals surface area contributed by atoms with Crippen LogP contribution in [0.15, 0.2) is 30.7 Å². The van der Waals surface area contributed by atoms with Gasteiger partial charge < -0.3 is 9.84 Å². The van der Waals surface area contributed by atoms with Crippen molar-refractivity contribution < 1.29 is 9.84 Å². The number of ether oxygens (including phenoxy) is 1. The van der Waals surface area contributed by atoms with Crippen LogP contribution in [0.3, 0.4) is 0 Å². The first kappa shape index (κ1) is 20.4. The molecule has 0 spiro atoms. The van der Waals surface area contributed by atoms with Gasteiger partial charge in [0.2, 0.25) is 0 Å². The minimum absolute atomic E-state index is 0.280. The lowest BCUT2D eigenvalue weighted by atomic mass is 9.50. The Bertz CT molecular complexity index is 1210. The van der Waals surface area contributed by atoms with E-state index < -0.39 is 6.10 Å². The summed E-state index contributed by atoms with van der Waals surface area (Å²) in [6.07, 6.45) is 11.4. The van der Waals surface area contributed by atoms with Gasteiger partial charge in [-0.05, 0) is 81.6 Å². The molecule has 1 aromatic carbocycles. The summed E-state index contributed by atoms with van der Waals surface area (Å²) in [5, 5.41) is 21.7. The quantitative estimate of drug-likeness (QED) is 0.633. The molecule has 0 radical (unpaired) electrons. The third kappa shape index (κ3) is 2.92. The third-order valence-electron chi connectivity index (χ3n) is 9.04. The van der Waals surface area contributed by atoms with Gasteiger partial charge >= 0.3 is 0 Å². The average molecular weight is 468 g/mol. The predicted octanol–water partition coefficient (Wildman–Crippen LogP) is 3.71. The summed E-state index contributed by atoms with van der Waals surface area (Å²) in [4.78, 5) is 2.40. The fraction of sp³-hybridized carbons (Fsp3) is 0.600. The molecular weight excluding hydrogens is 438 g/mol. The molecule has 8 heteroatoms. The number of aliphatic hydroxyl groups excluding tert-OH is 1. The Labute approximate surface area is 198 Å². The van der Waals surface area contributed by atoms with E-state index in [9.17, 15) is 5.11 Å². The van der Waals surface area contributed by atoms with Crippen molar-refractivity contribution in [2.45, 2.75) is 62.1 Å². The summed E-state index contributed by atoms with van der Waals surface area (Å²) in [7, 11) is 0. The monoisotopic (exact) mass is 467 g/mol. The van der Waals surface area contributed by atoms with E-state index in [2.05, 4.69) is 39.9 Å². The summed E-state index contributed by atoms with van der Waals surface area (Å²) in [5.74, 6) is 1.32. The second-order valence-corrected chi connectivity index (χ2v) is 11.4. The zero-order valence-electron chi connectivity index (χ0n) is 19.0. The number of hydrogen-bond donors (Lipinski definition) is 1. The summed E-state index contributed by atoms with van der Waals surface area (Å²) < 4.78 is 9.73. The summed E-state index contributed by atoms with van der Waals surface area (Å²) in [6, 6.07) is 4.29. The molecule has 2 atom stereocenters. The van der Waals surface area contributed by atoms with Gasteiger partial charge in [0.1, 0.15) is 5.69 Å². The molecule has 174 valence electrons. The van der Waals surface area contributed by atoms with Gasteiger partial charge in [-0.3, -0.25) is 9.58 Å². The second-order valence-electron chi connectivity index (χ2n) is 11.0. The molecule has 2 aromatic heterocycles. The Kier molecular flexibility index (Phi) is 4.36. The van der Waals surface area contributed by atoms with Crippen LogP contribution in [-0.4, -0.2) is 67.5 Å². The van der Waals surface area contributed by atoms with E-state index in [1.807, 2.05) is 17.1 Å². The van der Waals surface area contributed by atoms with Crippen molar-refractivity contribution in [3.05, 3.63) is 41.3 Å². The Hall–Kier alpha value is -1.93. The molecule has 5 aliphatic rings. The van der Waals surface area contributed by atoms with Crippen LogP contribution in [0.1, 0.15) is 50.5 Å². The van der Waals surface area contributed by atoms with Crippen molar-refractivity contribution in [1.82, 2.24) is 24.5 Å². The summed E-state index contributed by atoms with van der Waals surface area (Å²) >= 11 is 6.77. The van der Waals surface area contributed by atoms with Crippen molar-refractivity contribution in [2.75, 3.05) is 26.3 Å². The minimum atomic E-state index is -0.422. The number of nitrogens with zero attached hydrogens (tertiary/aromatic N) is 5. The molecule has 8 rings (SSSR count). The molecule has 7 nitrogen and oxygen atoms in total. The largest absolute Gasteiger partial charge is 0.389 e. The molecule has 5 fully saturated rings. The first-order valence-electron chi connectivity index (χ1n) is 12.2. The van der Waals surface area contributed by atoms with Crippen molar-refractivity contribution >= 4 is 22.5 Å². The lowest BCUT2D eigenvalue weighted by molar-refractivity contribution is -0.0977. The van der Waals surface area contributed by atoms with Crippen molar-refractivity contribution in [1.29, 1.82) is 0 Å². The topological polar surface area (TPSA) is 68.3 Å². The highest BCUT2D eigenvalue weighted by Crippen LogP contribution is 2.62. The Morgan fingerprint density at radius 3 is 2.58 bits per heavy atom. The van der Waals surface area contributed by atoms with E-state index in [0.29, 0.717) is 19.1 Å². The third-order valence-corrected chi connectivity index (χ3v) is 9.36. The molecule has 2 aliphatic heterocycles. The van der Waals surface area contributed by atoms with Gasteiger partial charge in [0.15, 0.2) is 0 Å². The lowest BCUT2D eigenvalue weighted by Gasteiger charge is -2.61. The maximum Gasteiger partial charge on any atom is 0.103 e. The molecular formula is C25H30ClN5O2. The number of halogens is 1. The summed E-state index contributed by atoms with van der Waals surface area (Å²) in [6.45, 7) is 5.02. The lowest BCUT2D eigenvalue weighted by Crippen LogP contribution is -2.59. The van der Waals surface area contributed by atoms with Gasteiger partial charge in [0.05, 0.1) is 54.5 Å². The van der Waals surface area contributed by atoms with E-state index in [1.165, 1.54) is 24.8 Å². The smallest absolute Gasteiger partial charge is 0.103 e. The van der Waals surface area contributed by atoms with Crippen LogP contribution in [0.5, 0.6) is 0 Å². The molecule has 0 unspecified atom stereocenters. The van der Waals surface area contributed by atoms with Crippen LogP contribution in [0.2, 0.25) is 5.02 Å². The zero-order valence-corrected chi connectivity index (χ0v) is 19.7. The molecule has 4 heterocycles. The Morgan fingerprint density at radius 1 is 1.12 bits per heavy atom. The second kappa shape index (κ2) is 7.04. The maximum atomic E-state index is 10.4. The molecule has 33 heavy (non-hydrogen) atoms.